The van der Waals surface area contributed by atoms with Gasteiger partial charge in [0, 0.05) is 0 Å². The van der Waals surface area contributed by atoms with Gasteiger partial charge in [-0.3, -0.25) is 0 Å². The average Bonchev–Trinajstić information content (AvgIpc) is 2.30. The molecule has 0 radical (unpaired) electrons. The van der Waals surface area contributed by atoms with E-state index < -0.39 is 0 Å². The van der Waals surface area contributed by atoms with Crippen molar-refractivity contribution in [3.8, 4) is 0 Å². The topological polar surface area (TPSA) is 27.7 Å². The van der Waals surface area contributed by atoms with Gasteiger partial charge >= 0.3 is 0 Å². The summed E-state index contributed by atoms with van der Waals surface area (Å²) in [5.74, 6) is 0.711. The Morgan fingerprint density at radius 1 is 1.12 bits per heavy atom. The zero-order chi connectivity index (χ0) is 11.6. The highest BCUT2D eigenvalue weighted by molar-refractivity contribution is 4.73. The van der Waals surface area contributed by atoms with Gasteiger partial charge in [0.15, 0.2) is 6.79 Å². The van der Waals surface area contributed by atoms with E-state index in [1.54, 1.807) is 0 Å². The van der Waals surface area contributed by atoms with Crippen molar-refractivity contribution < 1.29 is 14.2 Å². The quantitative estimate of drug-likeness (QED) is 0.361. The predicted molar refractivity (Wildman–Crippen MR) is 63.7 cm³/mol. The Morgan fingerprint density at radius 3 is 2.69 bits per heavy atom. The van der Waals surface area contributed by atoms with Crippen molar-refractivity contribution >= 4 is 0 Å². The summed E-state index contributed by atoms with van der Waals surface area (Å²) < 4.78 is 15.7. The maximum atomic E-state index is 5.61. The molecule has 0 bridgehead atoms. The molecule has 1 aliphatic rings. The third-order valence-corrected chi connectivity index (χ3v) is 2.99. The maximum absolute atomic E-state index is 5.61. The van der Waals surface area contributed by atoms with E-state index in [0.29, 0.717) is 18.8 Å². The minimum Gasteiger partial charge on any atom is -0.502 e. The molecule has 0 N–H and O–H groups in total. The molecule has 3 heteroatoms. The van der Waals surface area contributed by atoms with Gasteiger partial charge < -0.3 is 14.2 Å². The van der Waals surface area contributed by atoms with Crippen LogP contribution in [-0.2, 0) is 14.2 Å². The maximum Gasteiger partial charge on any atom is 0.188 e. The van der Waals surface area contributed by atoms with Crippen molar-refractivity contribution in [2.75, 3.05) is 13.4 Å². The number of hydrogen-bond acceptors (Lipinski definition) is 3. The lowest BCUT2D eigenvalue weighted by molar-refractivity contribution is -0.0764. The van der Waals surface area contributed by atoms with Gasteiger partial charge in [-0.2, -0.15) is 0 Å². The fourth-order valence-corrected chi connectivity index (χ4v) is 2.16. The van der Waals surface area contributed by atoms with Crippen LogP contribution in [0, 0.1) is 5.92 Å². The van der Waals surface area contributed by atoms with Crippen molar-refractivity contribution in [2.45, 2.75) is 38.2 Å². The minimum atomic E-state index is 0.323. The predicted octanol–water partition coefficient (Wildman–Crippen LogP) is 3.23. The van der Waals surface area contributed by atoms with Crippen LogP contribution in [0.5, 0.6) is 0 Å². The summed E-state index contributed by atoms with van der Waals surface area (Å²) in [5, 5.41) is 0. The Morgan fingerprint density at radius 2 is 1.94 bits per heavy atom. The molecule has 92 valence electrons. The molecular formula is C13H22O3. The van der Waals surface area contributed by atoms with Crippen LogP contribution in [0.15, 0.2) is 25.7 Å². The molecule has 16 heavy (non-hydrogen) atoms. The molecular weight excluding hydrogens is 204 g/mol. The lowest BCUT2D eigenvalue weighted by atomic mass is 9.85. The van der Waals surface area contributed by atoms with Crippen LogP contribution in [0.3, 0.4) is 0 Å². The van der Waals surface area contributed by atoms with E-state index in [1.807, 2.05) is 0 Å². The summed E-state index contributed by atoms with van der Waals surface area (Å²) in [6.45, 7) is 8.11. The highest BCUT2D eigenvalue weighted by Gasteiger charge is 2.22. The molecule has 2 atom stereocenters. The Hall–Kier alpha value is -0.960. The number of ether oxygens (including phenoxy) is 3. The summed E-state index contributed by atoms with van der Waals surface area (Å²) in [5.41, 5.74) is 0. The van der Waals surface area contributed by atoms with Gasteiger partial charge in [-0.1, -0.05) is 26.0 Å². The minimum absolute atomic E-state index is 0.323. The molecule has 0 aromatic carbocycles. The summed E-state index contributed by atoms with van der Waals surface area (Å²) >= 11 is 0. The van der Waals surface area contributed by atoms with Crippen LogP contribution in [-0.4, -0.2) is 19.5 Å². The first-order valence-corrected chi connectivity index (χ1v) is 5.93. The van der Waals surface area contributed by atoms with Crippen LogP contribution in [0.1, 0.15) is 32.1 Å². The first-order valence-electron chi connectivity index (χ1n) is 5.93. The highest BCUT2D eigenvalue weighted by atomic mass is 16.7. The standard InChI is InChI=1S/C13H22O3/c1-3-14-9-8-12-6-5-7-13(10-12)16-11-15-4-2/h3-4,12-13H,1-2,5-11H2. The molecule has 0 aliphatic heterocycles. The molecule has 1 fully saturated rings. The van der Waals surface area contributed by atoms with Gasteiger partial charge in [0.25, 0.3) is 0 Å². The molecule has 0 amide bonds. The fourth-order valence-electron chi connectivity index (χ4n) is 2.16. The van der Waals surface area contributed by atoms with Crippen LogP contribution in [0.2, 0.25) is 0 Å². The first kappa shape index (κ1) is 13.1. The SMILES string of the molecule is C=COCCC1CCCC(OCOC=C)C1. The van der Waals surface area contributed by atoms with Crippen molar-refractivity contribution in [3.05, 3.63) is 25.7 Å². The van der Waals surface area contributed by atoms with E-state index in [-0.39, 0.29) is 0 Å². The van der Waals surface area contributed by atoms with Gasteiger partial charge in [-0.05, 0) is 25.2 Å². The van der Waals surface area contributed by atoms with Gasteiger partial charge in [-0.25, -0.2) is 0 Å². The van der Waals surface area contributed by atoms with Crippen molar-refractivity contribution in [1.29, 1.82) is 0 Å². The second kappa shape index (κ2) is 8.22. The molecule has 1 rings (SSSR count). The molecule has 0 spiro atoms. The van der Waals surface area contributed by atoms with Crippen molar-refractivity contribution in [1.82, 2.24) is 0 Å². The second-order valence-electron chi connectivity index (χ2n) is 4.10. The molecule has 0 aromatic heterocycles. The third kappa shape index (κ3) is 5.21. The lowest BCUT2D eigenvalue weighted by Crippen LogP contribution is -2.24. The zero-order valence-corrected chi connectivity index (χ0v) is 9.90. The zero-order valence-electron chi connectivity index (χ0n) is 9.90. The largest absolute Gasteiger partial charge is 0.502 e. The molecule has 1 aliphatic carbocycles. The van der Waals surface area contributed by atoms with E-state index in [1.165, 1.54) is 25.4 Å². The smallest absolute Gasteiger partial charge is 0.188 e. The second-order valence-corrected chi connectivity index (χ2v) is 4.10. The van der Waals surface area contributed by atoms with E-state index in [2.05, 4.69) is 13.2 Å². The summed E-state index contributed by atoms with van der Waals surface area (Å²) in [6.07, 6.45) is 9.12. The van der Waals surface area contributed by atoms with E-state index in [4.69, 9.17) is 14.2 Å². The van der Waals surface area contributed by atoms with E-state index >= 15 is 0 Å². The highest BCUT2D eigenvalue weighted by Crippen LogP contribution is 2.28. The van der Waals surface area contributed by atoms with Gasteiger partial charge in [0.05, 0.1) is 25.2 Å². The molecule has 2 unspecified atom stereocenters. The number of rotatable bonds is 8. The monoisotopic (exact) mass is 226 g/mol. The van der Waals surface area contributed by atoms with E-state index in [0.717, 1.165) is 25.9 Å². The van der Waals surface area contributed by atoms with Crippen LogP contribution in [0.4, 0.5) is 0 Å². The molecule has 0 aromatic rings. The van der Waals surface area contributed by atoms with Crippen molar-refractivity contribution in [3.63, 3.8) is 0 Å². The number of hydrogen-bond donors (Lipinski definition) is 0. The van der Waals surface area contributed by atoms with Gasteiger partial charge in [-0.15, -0.1) is 0 Å². The van der Waals surface area contributed by atoms with Crippen LogP contribution in [0.25, 0.3) is 0 Å². The normalized spacial score (nSPS) is 24.8. The van der Waals surface area contributed by atoms with Gasteiger partial charge in [0.1, 0.15) is 0 Å². The third-order valence-electron chi connectivity index (χ3n) is 2.99. The fraction of sp³-hybridized carbons (Fsp3) is 0.692. The Kier molecular flexibility index (Phi) is 6.74. The van der Waals surface area contributed by atoms with E-state index in [9.17, 15) is 0 Å². The van der Waals surface area contributed by atoms with Crippen molar-refractivity contribution in [2.24, 2.45) is 5.92 Å². The molecule has 3 nitrogen and oxygen atoms in total. The molecule has 0 heterocycles. The lowest BCUT2D eigenvalue weighted by Gasteiger charge is -2.28. The summed E-state index contributed by atoms with van der Waals surface area (Å²) in [7, 11) is 0. The van der Waals surface area contributed by atoms with Crippen LogP contribution >= 0.6 is 0 Å². The Labute approximate surface area is 98.1 Å². The van der Waals surface area contributed by atoms with Crippen LogP contribution < -0.4 is 0 Å². The Balaban J connectivity index is 2.13. The Bertz CT molecular complexity index is 183. The average molecular weight is 226 g/mol. The summed E-state index contributed by atoms with van der Waals surface area (Å²) in [6, 6.07) is 0. The van der Waals surface area contributed by atoms with Gasteiger partial charge in [0.2, 0.25) is 0 Å². The molecule has 0 saturated heterocycles. The molecule has 1 saturated carbocycles. The summed E-state index contributed by atoms with van der Waals surface area (Å²) in [4.78, 5) is 0. The first-order chi connectivity index (χ1) is 7.86.